The highest BCUT2D eigenvalue weighted by atomic mass is 32.1. The summed E-state index contributed by atoms with van der Waals surface area (Å²) >= 11 is 1.24. The molecule has 192 valence electrons. The molecule has 0 aliphatic carbocycles. The highest BCUT2D eigenvalue weighted by Crippen LogP contribution is 2.40. The highest BCUT2D eigenvalue weighted by molar-refractivity contribution is 7.15. The molecule has 1 heterocycles. The van der Waals surface area contributed by atoms with Gasteiger partial charge in [-0.1, -0.05) is 24.3 Å². The Morgan fingerprint density at radius 3 is 2.43 bits per heavy atom. The van der Waals surface area contributed by atoms with E-state index in [0.29, 0.717) is 49.5 Å². The maximum Gasteiger partial charge on any atom is 0.416 e. The van der Waals surface area contributed by atoms with E-state index in [1.54, 1.807) is 49.4 Å². The van der Waals surface area contributed by atoms with Crippen molar-refractivity contribution in [3.8, 4) is 38.9 Å². The van der Waals surface area contributed by atoms with Crippen molar-refractivity contribution < 1.29 is 37.3 Å². The lowest BCUT2D eigenvalue weighted by Crippen LogP contribution is -2.10. The van der Waals surface area contributed by atoms with Crippen LogP contribution in [0.25, 0.3) is 21.7 Å². The number of rotatable bonds is 9. The fourth-order valence-corrected chi connectivity index (χ4v) is 4.58. The highest BCUT2D eigenvalue weighted by Gasteiger charge is 2.31. The lowest BCUT2D eigenvalue weighted by Gasteiger charge is -2.09. The molecule has 6 nitrogen and oxygen atoms in total. The second-order valence-corrected chi connectivity index (χ2v) is 9.08. The van der Waals surface area contributed by atoms with Gasteiger partial charge in [-0.05, 0) is 60.5 Å². The molecule has 0 saturated heterocycles. The SMILES string of the molecule is COc1cccc(-c2nc(COc3ccc(OCC(=O)O)c(C)c3)sc2-c2cccc(C(F)(F)F)c2)c1. The van der Waals surface area contributed by atoms with Crippen LogP contribution in [0.4, 0.5) is 13.2 Å². The van der Waals surface area contributed by atoms with Gasteiger partial charge in [0.05, 0.1) is 23.2 Å². The lowest BCUT2D eigenvalue weighted by atomic mass is 10.0. The van der Waals surface area contributed by atoms with Gasteiger partial charge >= 0.3 is 12.1 Å². The molecule has 0 radical (unpaired) electrons. The average molecular weight is 530 g/mol. The second-order valence-electron chi connectivity index (χ2n) is 7.99. The Kier molecular flexibility index (Phi) is 7.68. The van der Waals surface area contributed by atoms with Crippen LogP contribution in [-0.4, -0.2) is 29.8 Å². The monoisotopic (exact) mass is 529 g/mol. The third-order valence-electron chi connectivity index (χ3n) is 5.33. The quantitative estimate of drug-likeness (QED) is 0.255. The molecule has 3 aromatic carbocycles. The Balaban J connectivity index is 1.65. The van der Waals surface area contributed by atoms with Crippen molar-refractivity contribution in [1.29, 1.82) is 0 Å². The van der Waals surface area contributed by atoms with Gasteiger partial charge in [0.25, 0.3) is 0 Å². The molecule has 0 aliphatic rings. The third kappa shape index (κ3) is 6.39. The van der Waals surface area contributed by atoms with E-state index in [1.165, 1.54) is 24.5 Å². The first-order valence-electron chi connectivity index (χ1n) is 11.0. The number of thiazole rings is 1. The molecule has 0 fully saturated rings. The zero-order valence-electron chi connectivity index (χ0n) is 19.8. The predicted octanol–water partition coefficient (Wildman–Crippen LogP) is 6.86. The van der Waals surface area contributed by atoms with Crippen molar-refractivity contribution in [2.45, 2.75) is 19.7 Å². The lowest BCUT2D eigenvalue weighted by molar-refractivity contribution is -0.139. The summed E-state index contributed by atoms with van der Waals surface area (Å²) in [5.74, 6) is 0.459. The first-order valence-corrected chi connectivity index (χ1v) is 11.9. The van der Waals surface area contributed by atoms with Crippen LogP contribution in [0.1, 0.15) is 16.1 Å². The fourth-order valence-electron chi connectivity index (χ4n) is 3.58. The van der Waals surface area contributed by atoms with Crippen LogP contribution in [0, 0.1) is 6.92 Å². The number of aromatic nitrogens is 1. The Morgan fingerprint density at radius 2 is 1.73 bits per heavy atom. The summed E-state index contributed by atoms with van der Waals surface area (Å²) in [6.07, 6.45) is -4.47. The summed E-state index contributed by atoms with van der Waals surface area (Å²) in [4.78, 5) is 16.0. The average Bonchev–Trinajstić information content (AvgIpc) is 3.31. The number of nitrogens with zero attached hydrogens (tertiary/aromatic N) is 1. The van der Waals surface area contributed by atoms with E-state index in [1.807, 2.05) is 6.07 Å². The molecule has 1 N–H and O–H groups in total. The molecule has 0 unspecified atom stereocenters. The number of benzene rings is 3. The number of halogens is 3. The van der Waals surface area contributed by atoms with Crippen LogP contribution in [0.3, 0.4) is 0 Å². The van der Waals surface area contributed by atoms with E-state index >= 15 is 0 Å². The van der Waals surface area contributed by atoms with E-state index in [-0.39, 0.29) is 6.61 Å². The molecule has 0 bridgehead atoms. The summed E-state index contributed by atoms with van der Waals surface area (Å²) < 4.78 is 56.6. The number of hydrogen-bond donors (Lipinski definition) is 1. The van der Waals surface area contributed by atoms with Gasteiger partial charge in [0.15, 0.2) is 6.61 Å². The largest absolute Gasteiger partial charge is 0.497 e. The van der Waals surface area contributed by atoms with Crippen molar-refractivity contribution in [1.82, 2.24) is 4.98 Å². The zero-order chi connectivity index (χ0) is 26.6. The van der Waals surface area contributed by atoms with Gasteiger partial charge in [0.1, 0.15) is 28.9 Å². The van der Waals surface area contributed by atoms with Crippen molar-refractivity contribution in [2.24, 2.45) is 0 Å². The maximum absolute atomic E-state index is 13.4. The van der Waals surface area contributed by atoms with E-state index in [0.717, 1.165) is 12.1 Å². The Hall–Kier alpha value is -4.05. The molecule has 37 heavy (non-hydrogen) atoms. The number of carboxylic acid groups (broad SMARTS) is 1. The number of alkyl halides is 3. The summed E-state index contributed by atoms with van der Waals surface area (Å²) in [5, 5.41) is 9.35. The number of carboxylic acids is 1. The molecule has 10 heteroatoms. The fraction of sp³-hybridized carbons (Fsp3) is 0.185. The number of ether oxygens (including phenoxy) is 3. The number of aliphatic carboxylic acids is 1. The normalized spacial score (nSPS) is 11.3. The number of aryl methyl sites for hydroxylation is 1. The summed E-state index contributed by atoms with van der Waals surface area (Å²) in [6.45, 7) is 1.39. The first kappa shape index (κ1) is 26.0. The molecule has 0 atom stereocenters. The van der Waals surface area contributed by atoms with E-state index in [4.69, 9.17) is 24.3 Å². The zero-order valence-corrected chi connectivity index (χ0v) is 20.7. The van der Waals surface area contributed by atoms with Crippen LogP contribution in [0.2, 0.25) is 0 Å². The van der Waals surface area contributed by atoms with Crippen molar-refractivity contribution in [3.05, 3.63) is 82.9 Å². The van der Waals surface area contributed by atoms with Crippen LogP contribution in [-0.2, 0) is 17.6 Å². The summed E-state index contributed by atoms with van der Waals surface area (Å²) in [5.41, 5.74) is 1.57. The number of hydrogen-bond acceptors (Lipinski definition) is 6. The standard InChI is InChI=1S/C27H22F3NO5S/c1-16-11-21(9-10-22(16)36-15-24(32)33)35-14-23-31-25(17-5-4-8-20(13-17)34-2)26(37-23)18-6-3-7-19(12-18)27(28,29)30/h3-13H,14-15H2,1-2H3,(H,32,33). The second kappa shape index (κ2) is 10.9. The molecule has 4 aromatic rings. The molecule has 1 aromatic heterocycles. The smallest absolute Gasteiger partial charge is 0.416 e. The predicted molar refractivity (Wildman–Crippen MR) is 133 cm³/mol. The van der Waals surface area contributed by atoms with Crippen molar-refractivity contribution >= 4 is 17.3 Å². The molecule has 0 amide bonds. The molecule has 0 saturated carbocycles. The minimum Gasteiger partial charge on any atom is -0.497 e. The van der Waals surface area contributed by atoms with Crippen molar-refractivity contribution in [3.63, 3.8) is 0 Å². The summed E-state index contributed by atoms with van der Waals surface area (Å²) in [6, 6.07) is 17.3. The van der Waals surface area contributed by atoms with Crippen LogP contribution in [0.5, 0.6) is 17.2 Å². The van der Waals surface area contributed by atoms with Crippen LogP contribution >= 0.6 is 11.3 Å². The minimum absolute atomic E-state index is 0.0787. The molecular formula is C27H22F3NO5S. The molecular weight excluding hydrogens is 507 g/mol. The molecule has 0 aliphatic heterocycles. The van der Waals surface area contributed by atoms with E-state index in [2.05, 4.69) is 0 Å². The molecule has 4 rings (SSSR count). The molecule has 0 spiro atoms. The minimum atomic E-state index is -4.47. The number of methoxy groups -OCH3 is 1. The topological polar surface area (TPSA) is 77.9 Å². The Bertz CT molecular complexity index is 1420. The van der Waals surface area contributed by atoms with E-state index < -0.39 is 24.3 Å². The van der Waals surface area contributed by atoms with Crippen LogP contribution in [0.15, 0.2) is 66.7 Å². The Morgan fingerprint density at radius 1 is 0.973 bits per heavy atom. The van der Waals surface area contributed by atoms with Gasteiger partial charge in [0, 0.05) is 5.56 Å². The van der Waals surface area contributed by atoms with E-state index in [9.17, 15) is 18.0 Å². The van der Waals surface area contributed by atoms with Gasteiger partial charge in [-0.15, -0.1) is 11.3 Å². The van der Waals surface area contributed by atoms with Crippen molar-refractivity contribution in [2.75, 3.05) is 13.7 Å². The van der Waals surface area contributed by atoms with Gasteiger partial charge in [-0.3, -0.25) is 0 Å². The maximum atomic E-state index is 13.4. The van der Waals surface area contributed by atoms with Gasteiger partial charge in [-0.2, -0.15) is 13.2 Å². The number of carbonyl (C=O) groups is 1. The first-order chi connectivity index (χ1) is 17.6. The van der Waals surface area contributed by atoms with Gasteiger partial charge in [-0.25, -0.2) is 9.78 Å². The summed E-state index contributed by atoms with van der Waals surface area (Å²) in [7, 11) is 1.53. The third-order valence-corrected chi connectivity index (χ3v) is 6.40. The van der Waals surface area contributed by atoms with Gasteiger partial charge in [0.2, 0.25) is 0 Å². The Labute approximate surface area is 214 Å². The van der Waals surface area contributed by atoms with Gasteiger partial charge < -0.3 is 19.3 Å². The van der Waals surface area contributed by atoms with Crippen LogP contribution < -0.4 is 14.2 Å².